The summed E-state index contributed by atoms with van der Waals surface area (Å²) in [5, 5.41) is 2.91. The lowest BCUT2D eigenvalue weighted by Gasteiger charge is -2.16. The number of para-hydroxylation sites is 1. The second-order valence-electron chi connectivity index (χ2n) is 4.66. The van der Waals surface area contributed by atoms with Gasteiger partial charge in [0, 0.05) is 0 Å². The van der Waals surface area contributed by atoms with Gasteiger partial charge in [0.2, 0.25) is 0 Å². The van der Waals surface area contributed by atoms with E-state index < -0.39 is 17.8 Å². The van der Waals surface area contributed by atoms with E-state index in [-0.39, 0.29) is 5.69 Å². The predicted octanol–water partition coefficient (Wildman–Crippen LogP) is 4.19. The summed E-state index contributed by atoms with van der Waals surface area (Å²) in [4.78, 5) is 12.0. The molecule has 0 bridgehead atoms. The van der Waals surface area contributed by atoms with Crippen LogP contribution in [0.3, 0.4) is 0 Å². The van der Waals surface area contributed by atoms with Crippen LogP contribution in [0.5, 0.6) is 5.75 Å². The van der Waals surface area contributed by atoms with E-state index in [9.17, 15) is 9.18 Å². The van der Waals surface area contributed by atoms with Crippen LogP contribution in [0.15, 0.2) is 42.5 Å². The molecule has 0 aliphatic rings. The molecule has 2 rings (SSSR count). The monoisotopic (exact) mass is 307 g/mol. The van der Waals surface area contributed by atoms with Crippen LogP contribution in [-0.4, -0.2) is 12.0 Å². The Balaban J connectivity index is 2.04. The van der Waals surface area contributed by atoms with Crippen molar-refractivity contribution in [1.82, 2.24) is 0 Å². The van der Waals surface area contributed by atoms with E-state index in [0.29, 0.717) is 10.8 Å². The average Bonchev–Trinajstić information content (AvgIpc) is 2.44. The van der Waals surface area contributed by atoms with Gasteiger partial charge in [0.1, 0.15) is 11.6 Å². The lowest BCUT2D eigenvalue weighted by Crippen LogP contribution is -2.30. The van der Waals surface area contributed by atoms with Crippen LogP contribution in [0.1, 0.15) is 12.5 Å². The molecule has 1 N–H and O–H groups in total. The molecule has 0 saturated heterocycles. The predicted molar refractivity (Wildman–Crippen MR) is 81.3 cm³/mol. The number of carbonyl (C=O) groups is 1. The van der Waals surface area contributed by atoms with E-state index >= 15 is 0 Å². The number of halogens is 2. The second kappa shape index (κ2) is 6.59. The van der Waals surface area contributed by atoms with E-state index in [1.54, 1.807) is 44.2 Å². The summed E-state index contributed by atoms with van der Waals surface area (Å²) in [6.07, 6.45) is -0.800. The smallest absolute Gasteiger partial charge is 0.265 e. The molecule has 1 atom stereocenters. The van der Waals surface area contributed by atoms with Crippen LogP contribution in [0.2, 0.25) is 5.02 Å². The lowest BCUT2D eigenvalue weighted by molar-refractivity contribution is -0.122. The molecule has 0 spiro atoms. The Bertz CT molecular complexity index is 660. The fourth-order valence-electron chi connectivity index (χ4n) is 1.74. The van der Waals surface area contributed by atoms with E-state index in [1.165, 1.54) is 12.1 Å². The first-order valence-electron chi connectivity index (χ1n) is 6.45. The third-order valence-corrected chi connectivity index (χ3v) is 3.20. The van der Waals surface area contributed by atoms with Gasteiger partial charge in [-0.1, -0.05) is 29.8 Å². The molecule has 0 aromatic heterocycles. The van der Waals surface area contributed by atoms with E-state index in [2.05, 4.69) is 5.32 Å². The third-order valence-electron chi connectivity index (χ3n) is 2.89. The quantitative estimate of drug-likeness (QED) is 0.919. The maximum absolute atomic E-state index is 13.7. The normalized spacial score (nSPS) is 11.8. The van der Waals surface area contributed by atoms with E-state index in [1.807, 2.05) is 0 Å². The largest absolute Gasteiger partial charge is 0.479 e. The Kier molecular flexibility index (Phi) is 4.81. The Hall–Kier alpha value is -2.07. The summed E-state index contributed by atoms with van der Waals surface area (Å²) in [6, 6.07) is 11.4. The van der Waals surface area contributed by atoms with Crippen molar-refractivity contribution in [3.63, 3.8) is 0 Å². The number of aryl methyl sites for hydroxylation is 1. The van der Waals surface area contributed by atoms with Gasteiger partial charge in [-0.3, -0.25) is 4.79 Å². The minimum atomic E-state index is -0.800. The highest BCUT2D eigenvalue weighted by molar-refractivity contribution is 6.32. The van der Waals surface area contributed by atoms with Gasteiger partial charge in [0.05, 0.1) is 10.7 Å². The minimum absolute atomic E-state index is 0.125. The van der Waals surface area contributed by atoms with Crippen molar-refractivity contribution in [2.45, 2.75) is 20.0 Å². The fourth-order valence-corrected chi connectivity index (χ4v) is 1.92. The number of hydrogen-bond acceptors (Lipinski definition) is 2. The van der Waals surface area contributed by atoms with Crippen molar-refractivity contribution in [1.29, 1.82) is 0 Å². The van der Waals surface area contributed by atoms with Gasteiger partial charge in [-0.15, -0.1) is 0 Å². The highest BCUT2D eigenvalue weighted by atomic mass is 35.5. The maximum Gasteiger partial charge on any atom is 0.265 e. The summed E-state index contributed by atoms with van der Waals surface area (Å²) < 4.78 is 19.2. The molecule has 5 heteroatoms. The lowest BCUT2D eigenvalue weighted by atomic mass is 10.2. The van der Waals surface area contributed by atoms with Crippen molar-refractivity contribution in [2.75, 3.05) is 5.32 Å². The number of anilines is 1. The fraction of sp³-hybridized carbons (Fsp3) is 0.188. The van der Waals surface area contributed by atoms with Crippen LogP contribution in [0.4, 0.5) is 10.1 Å². The number of nitrogens with one attached hydrogen (secondary N) is 1. The van der Waals surface area contributed by atoms with Gasteiger partial charge >= 0.3 is 0 Å². The molecule has 2 aromatic carbocycles. The second-order valence-corrected chi connectivity index (χ2v) is 5.07. The van der Waals surface area contributed by atoms with Gasteiger partial charge in [0.25, 0.3) is 5.91 Å². The first kappa shape index (κ1) is 15.3. The molecule has 0 heterocycles. The summed E-state index contributed by atoms with van der Waals surface area (Å²) in [7, 11) is 0. The van der Waals surface area contributed by atoms with Gasteiger partial charge < -0.3 is 10.1 Å². The van der Waals surface area contributed by atoms with Crippen molar-refractivity contribution >= 4 is 23.2 Å². The Morgan fingerprint density at radius 3 is 2.67 bits per heavy atom. The standard InChI is InChI=1S/C16H15ClFNO2/c1-10-7-8-14(13(18)9-10)19-16(20)11(2)21-15-6-4-3-5-12(15)17/h3-9,11H,1-2H3,(H,19,20). The van der Waals surface area contributed by atoms with Crippen molar-refractivity contribution < 1.29 is 13.9 Å². The Morgan fingerprint density at radius 1 is 1.29 bits per heavy atom. The SMILES string of the molecule is Cc1ccc(NC(=O)C(C)Oc2ccccc2Cl)c(F)c1. The maximum atomic E-state index is 13.7. The minimum Gasteiger partial charge on any atom is -0.479 e. The van der Waals surface area contributed by atoms with Crippen molar-refractivity contribution in [2.24, 2.45) is 0 Å². The Labute approximate surface area is 127 Å². The topological polar surface area (TPSA) is 38.3 Å². The number of hydrogen-bond donors (Lipinski definition) is 1. The molecule has 0 radical (unpaired) electrons. The molecule has 110 valence electrons. The number of amides is 1. The van der Waals surface area contributed by atoms with Crippen LogP contribution < -0.4 is 10.1 Å². The van der Waals surface area contributed by atoms with Crippen LogP contribution >= 0.6 is 11.6 Å². The van der Waals surface area contributed by atoms with Gasteiger partial charge in [0.15, 0.2) is 6.10 Å². The van der Waals surface area contributed by atoms with Gasteiger partial charge in [-0.05, 0) is 43.7 Å². The molecule has 2 aromatic rings. The van der Waals surface area contributed by atoms with Gasteiger partial charge in [-0.2, -0.15) is 0 Å². The number of rotatable bonds is 4. The number of benzene rings is 2. The van der Waals surface area contributed by atoms with Crippen molar-refractivity contribution in [3.8, 4) is 5.75 Å². The molecular formula is C16H15ClFNO2. The molecule has 0 aliphatic heterocycles. The zero-order valence-corrected chi connectivity index (χ0v) is 12.4. The Morgan fingerprint density at radius 2 is 2.00 bits per heavy atom. The van der Waals surface area contributed by atoms with Crippen LogP contribution in [-0.2, 0) is 4.79 Å². The summed E-state index contributed by atoms with van der Waals surface area (Å²) >= 11 is 5.96. The number of carbonyl (C=O) groups excluding carboxylic acids is 1. The molecule has 1 unspecified atom stereocenters. The average molecular weight is 308 g/mol. The zero-order chi connectivity index (χ0) is 15.4. The van der Waals surface area contributed by atoms with E-state index in [4.69, 9.17) is 16.3 Å². The summed E-state index contributed by atoms with van der Waals surface area (Å²) in [6.45, 7) is 3.35. The van der Waals surface area contributed by atoms with Crippen LogP contribution in [0, 0.1) is 12.7 Å². The summed E-state index contributed by atoms with van der Waals surface area (Å²) in [5.74, 6) is -0.517. The van der Waals surface area contributed by atoms with Crippen molar-refractivity contribution in [3.05, 3.63) is 58.9 Å². The molecule has 1 amide bonds. The molecule has 3 nitrogen and oxygen atoms in total. The first-order chi connectivity index (χ1) is 9.97. The molecule has 0 aliphatic carbocycles. The molecule has 21 heavy (non-hydrogen) atoms. The zero-order valence-electron chi connectivity index (χ0n) is 11.7. The third kappa shape index (κ3) is 3.95. The molecule has 0 fully saturated rings. The highest BCUT2D eigenvalue weighted by Crippen LogP contribution is 2.24. The summed E-state index contributed by atoms with van der Waals surface area (Å²) in [5.41, 5.74) is 0.908. The van der Waals surface area contributed by atoms with Gasteiger partial charge in [-0.25, -0.2) is 4.39 Å². The van der Waals surface area contributed by atoms with E-state index in [0.717, 1.165) is 5.56 Å². The first-order valence-corrected chi connectivity index (χ1v) is 6.83. The molecule has 0 saturated carbocycles. The van der Waals surface area contributed by atoms with Crippen LogP contribution in [0.25, 0.3) is 0 Å². The highest BCUT2D eigenvalue weighted by Gasteiger charge is 2.17. The number of ether oxygens (including phenoxy) is 1. The molecular weight excluding hydrogens is 293 g/mol.